The summed E-state index contributed by atoms with van der Waals surface area (Å²) in [6.45, 7) is 0. The van der Waals surface area contributed by atoms with Gasteiger partial charge in [0.1, 0.15) is 5.75 Å². The minimum Gasteiger partial charge on any atom is -0.497 e. The lowest BCUT2D eigenvalue weighted by molar-refractivity contribution is -0.137. The Morgan fingerprint density at radius 1 is 1.03 bits per heavy atom. The summed E-state index contributed by atoms with van der Waals surface area (Å²) in [6, 6.07) is 10.7. The summed E-state index contributed by atoms with van der Waals surface area (Å²) < 4.78 is 42.8. The molecule has 6 nitrogen and oxygen atoms in total. The Morgan fingerprint density at radius 2 is 1.70 bits per heavy atom. The third-order valence-corrected chi connectivity index (χ3v) is 4.77. The van der Waals surface area contributed by atoms with Gasteiger partial charge in [-0.3, -0.25) is 14.9 Å². The molecule has 1 heterocycles. The third kappa shape index (κ3) is 5.57. The molecule has 0 saturated heterocycles. The molecule has 0 atom stereocenters. The normalized spacial score (nSPS) is 11.1. The van der Waals surface area contributed by atoms with Crippen LogP contribution in [0.5, 0.6) is 5.75 Å². The highest BCUT2D eigenvalue weighted by Gasteiger charge is 2.30. The summed E-state index contributed by atoms with van der Waals surface area (Å²) in [5, 5.41) is 7.11. The molecule has 2 amide bonds. The topological polar surface area (TPSA) is 80.3 Å². The summed E-state index contributed by atoms with van der Waals surface area (Å²) in [6.07, 6.45) is -4.52. The van der Waals surface area contributed by atoms with Gasteiger partial charge in [-0.15, -0.1) is 11.3 Å². The van der Waals surface area contributed by atoms with Gasteiger partial charge in [0.15, 0.2) is 5.13 Å². The second-order valence-corrected chi connectivity index (χ2v) is 6.98. The molecule has 0 fully saturated rings. The average Bonchev–Trinajstić information content (AvgIpc) is 3.14. The fourth-order valence-corrected chi connectivity index (χ4v) is 3.17. The van der Waals surface area contributed by atoms with Crippen LogP contribution in [0.2, 0.25) is 0 Å². The van der Waals surface area contributed by atoms with Gasteiger partial charge in [-0.2, -0.15) is 13.2 Å². The number of nitrogens with zero attached hydrogens (tertiary/aromatic N) is 1. The molecule has 0 saturated carbocycles. The van der Waals surface area contributed by atoms with E-state index in [2.05, 4.69) is 15.6 Å². The van der Waals surface area contributed by atoms with Crippen LogP contribution in [0, 0.1) is 0 Å². The van der Waals surface area contributed by atoms with Gasteiger partial charge < -0.3 is 10.1 Å². The second-order valence-electron chi connectivity index (χ2n) is 6.13. The molecule has 0 spiro atoms. The summed E-state index contributed by atoms with van der Waals surface area (Å²) in [5.74, 6) is -0.164. The first-order chi connectivity index (χ1) is 14.2. The fourth-order valence-electron chi connectivity index (χ4n) is 2.47. The van der Waals surface area contributed by atoms with E-state index in [1.165, 1.54) is 19.2 Å². The number of rotatable bonds is 6. The average molecular weight is 435 g/mol. The van der Waals surface area contributed by atoms with E-state index in [0.29, 0.717) is 22.1 Å². The van der Waals surface area contributed by atoms with E-state index in [0.717, 1.165) is 23.5 Å². The lowest BCUT2D eigenvalue weighted by Crippen LogP contribution is -2.15. The Labute approximate surface area is 173 Å². The molecular formula is C20H16F3N3O3S. The molecule has 0 radical (unpaired) electrons. The van der Waals surface area contributed by atoms with E-state index in [9.17, 15) is 22.8 Å². The van der Waals surface area contributed by atoms with Crippen LogP contribution in [0.4, 0.5) is 24.0 Å². The van der Waals surface area contributed by atoms with Gasteiger partial charge in [-0.1, -0.05) is 0 Å². The quantitative estimate of drug-likeness (QED) is 0.593. The molecule has 3 aromatic rings. The number of carbonyl (C=O) groups excluding carboxylic acids is 2. The van der Waals surface area contributed by atoms with Gasteiger partial charge >= 0.3 is 6.18 Å². The van der Waals surface area contributed by atoms with Gasteiger partial charge in [0.2, 0.25) is 5.91 Å². The summed E-state index contributed by atoms with van der Waals surface area (Å²) in [5.41, 5.74) is 0.301. The van der Waals surface area contributed by atoms with E-state index < -0.39 is 17.6 Å². The SMILES string of the molecule is COc1ccc(C(=O)Nc2nc(CC(=O)Nc3ccc(C(F)(F)F)cc3)cs2)cc1. The zero-order chi connectivity index (χ0) is 21.7. The van der Waals surface area contributed by atoms with Crippen LogP contribution in [0.1, 0.15) is 21.6 Å². The Bertz CT molecular complexity index is 1030. The molecule has 30 heavy (non-hydrogen) atoms. The number of amides is 2. The molecule has 0 unspecified atom stereocenters. The summed E-state index contributed by atoms with van der Waals surface area (Å²) >= 11 is 1.16. The molecule has 0 aliphatic rings. The van der Waals surface area contributed by atoms with Crippen molar-refractivity contribution in [1.29, 1.82) is 0 Å². The molecular weight excluding hydrogens is 419 g/mol. The van der Waals surface area contributed by atoms with Gasteiger partial charge in [0, 0.05) is 16.6 Å². The lowest BCUT2D eigenvalue weighted by Gasteiger charge is -2.08. The highest BCUT2D eigenvalue weighted by atomic mass is 32.1. The molecule has 2 aromatic carbocycles. The van der Waals surface area contributed by atoms with Crippen LogP contribution in [0.25, 0.3) is 0 Å². The van der Waals surface area contributed by atoms with Gasteiger partial charge in [-0.25, -0.2) is 4.98 Å². The first kappa shape index (κ1) is 21.3. The molecule has 156 valence electrons. The Balaban J connectivity index is 1.55. The number of hydrogen-bond donors (Lipinski definition) is 2. The Hall–Kier alpha value is -3.40. The molecule has 2 N–H and O–H groups in total. The number of benzene rings is 2. The molecule has 0 aliphatic heterocycles. The van der Waals surface area contributed by atoms with Crippen molar-refractivity contribution in [3.05, 3.63) is 70.7 Å². The van der Waals surface area contributed by atoms with Gasteiger partial charge in [-0.05, 0) is 48.5 Å². The smallest absolute Gasteiger partial charge is 0.416 e. The number of thiazole rings is 1. The molecule has 3 rings (SSSR count). The van der Waals surface area contributed by atoms with E-state index in [-0.39, 0.29) is 18.0 Å². The van der Waals surface area contributed by atoms with E-state index >= 15 is 0 Å². The predicted molar refractivity (Wildman–Crippen MR) is 107 cm³/mol. The summed E-state index contributed by atoms with van der Waals surface area (Å²) in [4.78, 5) is 28.5. The second kappa shape index (κ2) is 8.95. The highest BCUT2D eigenvalue weighted by Crippen LogP contribution is 2.29. The van der Waals surface area contributed by atoms with Crippen LogP contribution in [-0.2, 0) is 17.4 Å². The monoisotopic (exact) mass is 435 g/mol. The van der Waals surface area contributed by atoms with Crippen molar-refractivity contribution in [2.75, 3.05) is 17.7 Å². The maximum Gasteiger partial charge on any atom is 0.416 e. The predicted octanol–water partition coefficient (Wildman–Crippen LogP) is 4.60. The van der Waals surface area contributed by atoms with Crippen molar-refractivity contribution in [3.8, 4) is 5.75 Å². The zero-order valence-electron chi connectivity index (χ0n) is 15.6. The number of carbonyl (C=O) groups is 2. The minimum absolute atomic E-state index is 0.0874. The standard InChI is InChI=1S/C20H16F3N3O3S/c1-29-16-8-2-12(3-9-16)18(28)26-19-25-15(11-30-19)10-17(27)24-14-6-4-13(5-7-14)20(21,22)23/h2-9,11H,10H2,1H3,(H,24,27)(H,25,26,28). The van der Waals surface area contributed by atoms with Crippen LogP contribution < -0.4 is 15.4 Å². The number of nitrogens with one attached hydrogen (secondary N) is 2. The van der Waals surface area contributed by atoms with Crippen LogP contribution in [-0.4, -0.2) is 23.9 Å². The van der Waals surface area contributed by atoms with Gasteiger partial charge in [0.25, 0.3) is 5.91 Å². The van der Waals surface area contributed by atoms with Crippen molar-refractivity contribution in [2.45, 2.75) is 12.6 Å². The lowest BCUT2D eigenvalue weighted by atomic mass is 10.2. The zero-order valence-corrected chi connectivity index (χ0v) is 16.4. The third-order valence-electron chi connectivity index (χ3n) is 3.96. The maximum absolute atomic E-state index is 12.6. The number of aromatic nitrogens is 1. The first-order valence-corrected chi connectivity index (χ1v) is 9.49. The van der Waals surface area contributed by atoms with Crippen LogP contribution in [0.15, 0.2) is 53.9 Å². The maximum atomic E-state index is 12.6. The fraction of sp³-hybridized carbons (Fsp3) is 0.150. The first-order valence-electron chi connectivity index (χ1n) is 8.61. The molecule has 1 aromatic heterocycles. The number of anilines is 2. The number of alkyl halides is 3. The highest BCUT2D eigenvalue weighted by molar-refractivity contribution is 7.14. The number of hydrogen-bond acceptors (Lipinski definition) is 5. The van der Waals surface area contributed by atoms with Crippen molar-refractivity contribution >= 4 is 34.0 Å². The van der Waals surface area contributed by atoms with Crippen LogP contribution in [0.3, 0.4) is 0 Å². The number of methoxy groups -OCH3 is 1. The van der Waals surface area contributed by atoms with Gasteiger partial charge in [0.05, 0.1) is 24.8 Å². The van der Waals surface area contributed by atoms with Crippen molar-refractivity contribution in [1.82, 2.24) is 4.98 Å². The summed E-state index contributed by atoms with van der Waals surface area (Å²) in [7, 11) is 1.53. The number of halogens is 3. The largest absolute Gasteiger partial charge is 0.497 e. The van der Waals surface area contributed by atoms with Crippen molar-refractivity contribution < 1.29 is 27.5 Å². The van der Waals surface area contributed by atoms with Crippen molar-refractivity contribution in [2.24, 2.45) is 0 Å². The molecule has 10 heteroatoms. The Kier molecular flexibility index (Phi) is 6.36. The van der Waals surface area contributed by atoms with E-state index in [1.54, 1.807) is 29.6 Å². The minimum atomic E-state index is -4.43. The van der Waals surface area contributed by atoms with Crippen LogP contribution >= 0.6 is 11.3 Å². The van der Waals surface area contributed by atoms with Crippen molar-refractivity contribution in [3.63, 3.8) is 0 Å². The molecule has 0 aliphatic carbocycles. The Morgan fingerprint density at radius 3 is 2.30 bits per heavy atom. The number of ether oxygens (including phenoxy) is 1. The molecule has 0 bridgehead atoms. The van der Waals surface area contributed by atoms with E-state index in [1.807, 2.05) is 0 Å². The van der Waals surface area contributed by atoms with E-state index in [4.69, 9.17) is 4.74 Å².